The second-order valence-electron chi connectivity index (χ2n) is 13.7. The molecular weight excluding hydrogens is 756 g/mol. The maximum atomic E-state index is 12.5. The molecule has 0 aliphatic carbocycles. The summed E-state index contributed by atoms with van der Waals surface area (Å²) >= 11 is 0. The molecule has 0 saturated carbocycles. The van der Waals surface area contributed by atoms with Gasteiger partial charge in [0.1, 0.15) is 16.8 Å². The minimum Gasteiger partial charge on any atom is -0.484 e. The van der Waals surface area contributed by atoms with Gasteiger partial charge < -0.3 is 10.5 Å². The molecule has 12 nitrogen and oxygen atoms in total. The number of nitrogens with zero attached hydrogens (tertiary/aromatic N) is 10. The molecule has 0 amide bonds. The number of hydrogen-bond donors (Lipinski definition) is 1. The van der Waals surface area contributed by atoms with Crippen LogP contribution in [0.15, 0.2) is 146 Å². The van der Waals surface area contributed by atoms with E-state index in [2.05, 4.69) is 53.8 Å². The van der Waals surface area contributed by atoms with Crippen LogP contribution < -0.4 is 10.5 Å². The molecule has 6 aromatic heterocycles. The van der Waals surface area contributed by atoms with E-state index in [-0.39, 0.29) is 5.75 Å². The zero-order chi connectivity index (χ0) is 40.3. The highest BCUT2D eigenvalue weighted by Crippen LogP contribution is 2.27. The van der Waals surface area contributed by atoms with Gasteiger partial charge in [-0.1, -0.05) is 59.0 Å². The first-order chi connectivity index (χ1) is 28.7. The summed E-state index contributed by atoms with van der Waals surface area (Å²) in [7, 11) is 0. The third kappa shape index (κ3) is 8.34. The minimum atomic E-state index is -4.40. The number of halogens is 3. The standard InChI is InChI=1S/C23H16F3N5O.C21H16N6/c24-23(25,26)14-32-18-5-1-3-17(12-18)20-8-9-21-22(28-20)31(30-29-21)13-15-6-7-19-16(11-15)4-2-10-27-19;22-17-5-1-3-16(12-17)19-8-9-20-21(24-19)27(26-25-20)13-14-6-7-18-15(11-14)4-2-10-23-18/h1-12H,13-14H2;1-12H,13,22H2. The monoisotopic (exact) mass is 787 g/mol. The summed E-state index contributed by atoms with van der Waals surface area (Å²) in [5.41, 5.74) is 16.4. The van der Waals surface area contributed by atoms with Gasteiger partial charge in [0.2, 0.25) is 0 Å². The molecular formula is C44H32F3N11O. The van der Waals surface area contributed by atoms with Crippen LogP contribution in [-0.2, 0) is 13.1 Å². The molecule has 10 aromatic rings. The Morgan fingerprint density at radius 1 is 0.542 bits per heavy atom. The van der Waals surface area contributed by atoms with E-state index < -0.39 is 12.8 Å². The Balaban J connectivity index is 0.000000154. The molecule has 0 atom stereocenters. The van der Waals surface area contributed by atoms with Crippen molar-refractivity contribution >= 4 is 49.8 Å². The molecule has 0 radical (unpaired) electrons. The molecule has 0 bridgehead atoms. The number of ether oxygens (including phenoxy) is 1. The van der Waals surface area contributed by atoms with Crippen molar-refractivity contribution in [1.82, 2.24) is 49.9 Å². The summed E-state index contributed by atoms with van der Waals surface area (Å²) in [6, 6.07) is 41.6. The van der Waals surface area contributed by atoms with Crippen LogP contribution in [-0.4, -0.2) is 62.7 Å². The Kier molecular flexibility index (Phi) is 9.74. The molecule has 6 heterocycles. The summed E-state index contributed by atoms with van der Waals surface area (Å²) in [6.45, 7) is -0.290. The summed E-state index contributed by atoms with van der Waals surface area (Å²) in [5, 5.41) is 19.1. The van der Waals surface area contributed by atoms with Gasteiger partial charge in [-0.3, -0.25) is 9.97 Å². The van der Waals surface area contributed by atoms with E-state index in [9.17, 15) is 13.2 Å². The summed E-state index contributed by atoms with van der Waals surface area (Å²) in [5.74, 6) is 0.123. The molecule has 15 heteroatoms. The Hall–Kier alpha value is -7.81. The lowest BCUT2D eigenvalue weighted by Crippen LogP contribution is -2.19. The van der Waals surface area contributed by atoms with Crippen LogP contribution in [0.25, 0.3) is 66.6 Å². The van der Waals surface area contributed by atoms with Gasteiger partial charge in [0.15, 0.2) is 17.9 Å². The molecule has 290 valence electrons. The van der Waals surface area contributed by atoms with Crippen LogP contribution in [0.2, 0.25) is 0 Å². The zero-order valence-corrected chi connectivity index (χ0v) is 31.1. The van der Waals surface area contributed by atoms with Gasteiger partial charge in [-0.05, 0) is 96.1 Å². The molecule has 0 aliphatic rings. The second kappa shape index (κ2) is 15.6. The fourth-order valence-corrected chi connectivity index (χ4v) is 6.64. The number of aromatic nitrogens is 10. The highest BCUT2D eigenvalue weighted by atomic mass is 19.4. The predicted molar refractivity (Wildman–Crippen MR) is 219 cm³/mol. The van der Waals surface area contributed by atoms with Crippen LogP contribution in [0, 0.1) is 0 Å². The summed E-state index contributed by atoms with van der Waals surface area (Å²) in [4.78, 5) is 18.1. The van der Waals surface area contributed by atoms with Crippen molar-refractivity contribution in [2.75, 3.05) is 12.3 Å². The minimum absolute atomic E-state index is 0.123. The van der Waals surface area contributed by atoms with Gasteiger partial charge in [0.05, 0.1) is 35.5 Å². The van der Waals surface area contributed by atoms with E-state index in [0.29, 0.717) is 41.2 Å². The largest absolute Gasteiger partial charge is 0.484 e. The Morgan fingerprint density at radius 2 is 1.07 bits per heavy atom. The molecule has 2 N–H and O–H groups in total. The van der Waals surface area contributed by atoms with Crippen molar-refractivity contribution in [3.63, 3.8) is 0 Å². The van der Waals surface area contributed by atoms with Crippen molar-refractivity contribution in [3.8, 4) is 28.3 Å². The third-order valence-corrected chi connectivity index (χ3v) is 9.43. The fourth-order valence-electron chi connectivity index (χ4n) is 6.64. The maximum absolute atomic E-state index is 12.5. The van der Waals surface area contributed by atoms with Crippen molar-refractivity contribution in [2.24, 2.45) is 0 Å². The number of nitrogen functional groups attached to an aromatic ring is 1. The number of benzene rings is 4. The number of hydrogen-bond acceptors (Lipinski definition) is 10. The van der Waals surface area contributed by atoms with E-state index in [1.54, 1.807) is 41.3 Å². The molecule has 59 heavy (non-hydrogen) atoms. The SMILES string of the molecule is FC(F)(F)COc1cccc(-c2ccc3nnn(Cc4ccc5ncccc5c4)c3n2)c1.Nc1cccc(-c2ccc3nnn(Cc4ccc5ncccc5c4)c3n2)c1. The maximum Gasteiger partial charge on any atom is 0.422 e. The molecule has 0 spiro atoms. The number of anilines is 1. The van der Waals surface area contributed by atoms with Gasteiger partial charge in [-0.25, -0.2) is 19.3 Å². The number of alkyl halides is 3. The van der Waals surface area contributed by atoms with E-state index in [0.717, 1.165) is 55.4 Å². The molecule has 4 aromatic carbocycles. The second-order valence-corrected chi connectivity index (χ2v) is 13.7. The van der Waals surface area contributed by atoms with Crippen LogP contribution in [0.5, 0.6) is 5.75 Å². The zero-order valence-electron chi connectivity index (χ0n) is 31.1. The first-order valence-electron chi connectivity index (χ1n) is 18.4. The smallest absolute Gasteiger partial charge is 0.422 e. The van der Waals surface area contributed by atoms with E-state index in [1.165, 1.54) is 12.1 Å². The van der Waals surface area contributed by atoms with Crippen molar-refractivity contribution in [1.29, 1.82) is 0 Å². The quantitative estimate of drug-likeness (QED) is 0.148. The van der Waals surface area contributed by atoms with Gasteiger partial charge in [-0.15, -0.1) is 10.2 Å². The van der Waals surface area contributed by atoms with Gasteiger partial charge in [0.25, 0.3) is 0 Å². The van der Waals surface area contributed by atoms with Crippen molar-refractivity contribution in [2.45, 2.75) is 19.3 Å². The molecule has 0 saturated heterocycles. The lowest BCUT2D eigenvalue weighted by atomic mass is 10.1. The number of fused-ring (bicyclic) bond motifs is 4. The predicted octanol–water partition coefficient (Wildman–Crippen LogP) is 8.70. The first-order valence-corrected chi connectivity index (χ1v) is 18.4. The molecule has 0 aliphatic heterocycles. The highest BCUT2D eigenvalue weighted by molar-refractivity contribution is 5.81. The molecule has 0 unspecified atom stereocenters. The fraction of sp³-hybridized carbons (Fsp3) is 0.0909. The summed E-state index contributed by atoms with van der Waals surface area (Å²) < 4.78 is 45.7. The van der Waals surface area contributed by atoms with Gasteiger partial charge in [0, 0.05) is 40.0 Å². The van der Waals surface area contributed by atoms with Crippen molar-refractivity contribution < 1.29 is 17.9 Å². The number of pyridine rings is 4. The topological polar surface area (TPSA) is 148 Å². The average molecular weight is 788 g/mol. The summed E-state index contributed by atoms with van der Waals surface area (Å²) in [6.07, 6.45) is -0.847. The van der Waals surface area contributed by atoms with Crippen molar-refractivity contribution in [3.05, 3.63) is 157 Å². The Labute approximate surface area is 333 Å². The molecule has 0 fully saturated rings. The van der Waals surface area contributed by atoms with Crippen LogP contribution in [0.4, 0.5) is 18.9 Å². The van der Waals surface area contributed by atoms with Gasteiger partial charge >= 0.3 is 6.18 Å². The Bertz CT molecular complexity index is 3110. The Morgan fingerprint density at radius 3 is 1.61 bits per heavy atom. The number of nitrogens with two attached hydrogens (primary N) is 1. The lowest BCUT2D eigenvalue weighted by molar-refractivity contribution is -0.153. The molecule has 10 rings (SSSR count). The average Bonchev–Trinajstić information content (AvgIpc) is 3.85. The van der Waals surface area contributed by atoms with Crippen LogP contribution >= 0.6 is 0 Å². The van der Waals surface area contributed by atoms with Crippen LogP contribution in [0.1, 0.15) is 11.1 Å². The number of rotatable bonds is 8. The van der Waals surface area contributed by atoms with E-state index in [1.807, 2.05) is 83.5 Å². The highest BCUT2D eigenvalue weighted by Gasteiger charge is 2.28. The third-order valence-electron chi connectivity index (χ3n) is 9.43. The van der Waals surface area contributed by atoms with E-state index >= 15 is 0 Å². The first kappa shape index (κ1) is 36.8. The van der Waals surface area contributed by atoms with E-state index in [4.69, 9.17) is 15.5 Å². The van der Waals surface area contributed by atoms with Crippen LogP contribution in [0.3, 0.4) is 0 Å². The van der Waals surface area contributed by atoms with Gasteiger partial charge in [-0.2, -0.15) is 13.2 Å². The normalized spacial score (nSPS) is 11.6. The lowest BCUT2D eigenvalue weighted by Gasteiger charge is -2.10.